The second kappa shape index (κ2) is 76.6. The van der Waals surface area contributed by atoms with Gasteiger partial charge < -0.3 is 0 Å². The lowest BCUT2D eigenvalue weighted by molar-refractivity contribution is 1.50. The Morgan fingerprint density at radius 2 is 0.162 bits per heavy atom. The zero-order valence-electron chi connectivity index (χ0n) is 23.9. The molecule has 0 N–H and O–H groups in total. The summed E-state index contributed by atoms with van der Waals surface area (Å²) in [5.74, 6) is 0. The lowest BCUT2D eigenvalue weighted by Crippen LogP contribution is -1.47. The molecule has 4 aromatic rings. The lowest BCUT2D eigenvalue weighted by atomic mass is 10.4. The van der Waals surface area contributed by atoms with Crippen molar-refractivity contribution in [3.8, 4) is 0 Å². The van der Waals surface area contributed by atoms with Crippen molar-refractivity contribution in [2.75, 3.05) is 0 Å². The summed E-state index contributed by atoms with van der Waals surface area (Å²) >= 11 is 0. The van der Waals surface area contributed by atoms with Gasteiger partial charge in [-0.25, -0.2) is 0 Å². The van der Waals surface area contributed by atoms with Gasteiger partial charge in [-0.2, -0.15) is 0 Å². The molecule has 4 rings (SSSR count). The Balaban J connectivity index is -0.0000000443. The Labute approximate surface area is 236 Å². The molecule has 0 aromatic heterocycles. The van der Waals surface area contributed by atoms with Crippen molar-refractivity contribution in [2.45, 2.75) is 91.5 Å². The predicted molar refractivity (Wildman–Crippen MR) is 183 cm³/mol. The summed E-state index contributed by atoms with van der Waals surface area (Å²) in [6.07, 6.45) is 0. The van der Waals surface area contributed by atoms with Crippen molar-refractivity contribution in [3.63, 3.8) is 0 Å². The van der Waals surface area contributed by atoms with Gasteiger partial charge in [-0.05, 0) is 0 Å². The van der Waals surface area contributed by atoms with Crippen molar-refractivity contribution >= 4 is 0 Å². The van der Waals surface area contributed by atoms with Gasteiger partial charge in [0.15, 0.2) is 0 Å². The van der Waals surface area contributed by atoms with Gasteiger partial charge in [0.25, 0.3) is 0 Å². The van der Waals surface area contributed by atoms with Crippen LogP contribution < -0.4 is 0 Å². The molecule has 0 amide bonds. The summed E-state index contributed by atoms with van der Waals surface area (Å²) in [7, 11) is 0. The first kappa shape index (κ1) is 54.7. The Morgan fingerprint density at radius 3 is 0.189 bits per heavy atom. The molecule has 0 saturated heterocycles. The van der Waals surface area contributed by atoms with Crippen LogP contribution in [0.1, 0.15) is 91.5 Å². The van der Waals surface area contributed by atoms with Crippen LogP contribution in [0.15, 0.2) is 146 Å². The highest BCUT2D eigenvalue weighted by Gasteiger charge is 1.59. The Kier molecular flexibility index (Phi) is 113. The monoisotopic (exact) mass is 511 g/mol. The Bertz CT molecular complexity index is 414. The molecule has 0 heteroatoms. The van der Waals surface area contributed by atoms with E-state index in [2.05, 4.69) is 0 Å². The van der Waals surface area contributed by atoms with E-state index in [9.17, 15) is 0 Å². The first-order chi connectivity index (χ1) is 17.0. The second-order valence-corrected chi connectivity index (χ2v) is 4.62. The van der Waals surface area contributed by atoms with E-state index in [0.29, 0.717) is 0 Å². The minimum atomic E-state index is 0. The number of benzene rings is 4. The fourth-order valence-corrected chi connectivity index (χ4v) is 1.54. The van der Waals surface area contributed by atoms with E-state index < -0.39 is 0 Å². The summed E-state index contributed by atoms with van der Waals surface area (Å²) < 4.78 is 0. The molecule has 0 heterocycles. The first-order valence-electron chi connectivity index (χ1n) is 13.0. The standard InChI is InChI=1S/4C6H6.5C2H6.3CH4/c4*1-2-4-6-5-3-1;5*1-2;;;/h4*1-6H;5*1-2H3;3*1H4. The van der Waals surface area contributed by atoms with Crippen LogP contribution in [0, 0.1) is 0 Å². The van der Waals surface area contributed by atoms with E-state index >= 15 is 0 Å². The highest BCUT2D eigenvalue weighted by molar-refractivity contribution is 5.00. The number of hydrogen-bond donors (Lipinski definition) is 0. The van der Waals surface area contributed by atoms with E-state index in [1.165, 1.54) is 0 Å². The predicted octanol–water partition coefficient (Wildman–Crippen LogP) is 13.8. The third-order valence-corrected chi connectivity index (χ3v) is 2.67. The van der Waals surface area contributed by atoms with Gasteiger partial charge in [0.1, 0.15) is 0 Å². The van der Waals surface area contributed by atoms with Crippen molar-refractivity contribution in [2.24, 2.45) is 0 Å². The summed E-state index contributed by atoms with van der Waals surface area (Å²) in [4.78, 5) is 0. The molecule has 0 aliphatic carbocycles. The number of hydrogen-bond acceptors (Lipinski definition) is 0. The molecule has 0 aliphatic rings. The first-order valence-corrected chi connectivity index (χ1v) is 13.0. The second-order valence-electron chi connectivity index (χ2n) is 4.62. The maximum atomic E-state index is 2.00. The molecular weight excluding hydrogens is 444 g/mol. The van der Waals surface area contributed by atoms with Gasteiger partial charge in [-0.15, -0.1) is 0 Å². The lowest BCUT2D eigenvalue weighted by Gasteiger charge is -1.69. The van der Waals surface area contributed by atoms with Gasteiger partial charge in [0.05, 0.1) is 0 Å². The maximum Gasteiger partial charge on any atom is -0.0623 e. The van der Waals surface area contributed by atoms with Crippen molar-refractivity contribution in [1.29, 1.82) is 0 Å². The van der Waals surface area contributed by atoms with Gasteiger partial charge in [0.2, 0.25) is 0 Å². The van der Waals surface area contributed by atoms with Crippen LogP contribution in [-0.4, -0.2) is 0 Å². The molecule has 0 atom stereocenters. The summed E-state index contributed by atoms with van der Waals surface area (Å²) in [6, 6.07) is 48.0. The average molecular weight is 511 g/mol. The molecular formula is C37H66. The van der Waals surface area contributed by atoms with Crippen molar-refractivity contribution < 1.29 is 0 Å². The molecule has 0 radical (unpaired) electrons. The molecule has 214 valence electrons. The average Bonchev–Trinajstić information content (AvgIpc) is 3.03. The van der Waals surface area contributed by atoms with E-state index in [-0.39, 0.29) is 22.3 Å². The van der Waals surface area contributed by atoms with Crippen LogP contribution in [0.3, 0.4) is 0 Å². The molecule has 0 spiro atoms. The minimum absolute atomic E-state index is 0. The SMILES string of the molecule is C.C.C.CC.CC.CC.CC.CC.c1ccccc1.c1ccccc1.c1ccccc1.c1ccccc1. The molecule has 0 bridgehead atoms. The zero-order chi connectivity index (χ0) is 27.0. The van der Waals surface area contributed by atoms with Gasteiger partial charge in [0, 0.05) is 0 Å². The quantitative estimate of drug-likeness (QED) is 0.220. The van der Waals surface area contributed by atoms with Crippen LogP contribution in [0.5, 0.6) is 0 Å². The largest absolute Gasteiger partial charge is 0.0776 e. The van der Waals surface area contributed by atoms with Crippen molar-refractivity contribution in [3.05, 3.63) is 146 Å². The van der Waals surface area contributed by atoms with Crippen molar-refractivity contribution in [1.82, 2.24) is 0 Å². The van der Waals surface area contributed by atoms with E-state index in [0.717, 1.165) is 0 Å². The molecule has 0 saturated carbocycles. The zero-order valence-corrected chi connectivity index (χ0v) is 23.9. The van der Waals surface area contributed by atoms with E-state index in [4.69, 9.17) is 0 Å². The van der Waals surface area contributed by atoms with Crippen LogP contribution >= 0.6 is 0 Å². The van der Waals surface area contributed by atoms with E-state index in [1.807, 2.05) is 215 Å². The molecule has 0 nitrogen and oxygen atoms in total. The minimum Gasteiger partial charge on any atom is -0.0776 e. The Morgan fingerprint density at radius 1 is 0.135 bits per heavy atom. The summed E-state index contributed by atoms with van der Waals surface area (Å²) in [5.41, 5.74) is 0. The van der Waals surface area contributed by atoms with Gasteiger partial charge in [-0.1, -0.05) is 237 Å². The number of rotatable bonds is 0. The fraction of sp³-hybridized carbons (Fsp3) is 0.351. The normalized spacial score (nSPS) is 6.00. The topological polar surface area (TPSA) is 0 Å². The fourth-order valence-electron chi connectivity index (χ4n) is 1.54. The highest BCUT2D eigenvalue weighted by atomic mass is 13.7. The smallest absolute Gasteiger partial charge is 0.0623 e. The third kappa shape index (κ3) is 71.9. The molecule has 0 unspecified atom stereocenters. The molecule has 37 heavy (non-hydrogen) atoms. The highest BCUT2D eigenvalue weighted by Crippen LogP contribution is 1.81. The summed E-state index contributed by atoms with van der Waals surface area (Å²) in [6.45, 7) is 20.0. The van der Waals surface area contributed by atoms with Crippen LogP contribution in [0.25, 0.3) is 0 Å². The van der Waals surface area contributed by atoms with Gasteiger partial charge in [-0.3, -0.25) is 0 Å². The van der Waals surface area contributed by atoms with Crippen LogP contribution in [-0.2, 0) is 0 Å². The van der Waals surface area contributed by atoms with E-state index in [1.54, 1.807) is 0 Å². The van der Waals surface area contributed by atoms with Crippen LogP contribution in [0.2, 0.25) is 0 Å². The third-order valence-electron chi connectivity index (χ3n) is 2.67. The molecule has 0 aliphatic heterocycles. The molecule has 4 aromatic carbocycles. The Hall–Kier alpha value is -3.12. The summed E-state index contributed by atoms with van der Waals surface area (Å²) in [5, 5.41) is 0. The molecule has 0 fully saturated rings. The van der Waals surface area contributed by atoms with Gasteiger partial charge >= 0.3 is 0 Å². The maximum absolute atomic E-state index is 2.00. The van der Waals surface area contributed by atoms with Crippen LogP contribution in [0.4, 0.5) is 0 Å².